The van der Waals surface area contributed by atoms with Crippen LogP contribution in [0, 0.1) is 0 Å². The van der Waals surface area contributed by atoms with Crippen LogP contribution in [0.5, 0.6) is 0 Å². The highest BCUT2D eigenvalue weighted by molar-refractivity contribution is 5.41. The number of aromatic nitrogens is 1. The Morgan fingerprint density at radius 1 is 1.21 bits per heavy atom. The monoisotopic (exact) mass is 196 g/mol. The molecule has 0 atom stereocenters. The molecule has 3 heteroatoms. The van der Waals surface area contributed by atoms with Crippen molar-refractivity contribution in [3.8, 4) is 0 Å². The fourth-order valence-electron chi connectivity index (χ4n) is 1.24. The summed E-state index contributed by atoms with van der Waals surface area (Å²) in [6.45, 7) is 3.35. The molecule has 0 aliphatic rings. The fourth-order valence-corrected chi connectivity index (χ4v) is 1.24. The Labute approximate surface area is 86.3 Å². The Hall–Kier alpha value is -1.09. The number of hydrogen-bond donors (Lipinski definition) is 0. The molecule has 0 bridgehead atoms. The van der Waals surface area contributed by atoms with Crippen LogP contribution in [0.25, 0.3) is 0 Å². The lowest BCUT2D eigenvalue weighted by Gasteiger charge is -2.10. The quantitative estimate of drug-likeness (QED) is 0.687. The van der Waals surface area contributed by atoms with Gasteiger partial charge >= 0.3 is 0 Å². The first-order valence-electron chi connectivity index (χ1n) is 4.90. The SMILES string of the molecule is CCCC[n+]1ccc(N(C)C)cc1.[OH-]. The van der Waals surface area contributed by atoms with E-state index in [1.165, 1.54) is 18.5 Å². The van der Waals surface area contributed by atoms with Gasteiger partial charge < -0.3 is 10.4 Å². The van der Waals surface area contributed by atoms with E-state index in [4.69, 9.17) is 0 Å². The molecule has 1 N–H and O–H groups in total. The van der Waals surface area contributed by atoms with Crippen molar-refractivity contribution < 1.29 is 10.0 Å². The van der Waals surface area contributed by atoms with E-state index in [1.807, 2.05) is 0 Å². The lowest BCUT2D eigenvalue weighted by atomic mass is 10.3. The third kappa shape index (κ3) is 3.75. The van der Waals surface area contributed by atoms with Gasteiger partial charge in [0.1, 0.15) is 6.54 Å². The third-order valence-electron chi connectivity index (χ3n) is 2.16. The predicted molar refractivity (Wildman–Crippen MR) is 57.8 cm³/mol. The minimum Gasteiger partial charge on any atom is -0.870 e. The summed E-state index contributed by atoms with van der Waals surface area (Å²) in [5.41, 5.74) is 1.26. The van der Waals surface area contributed by atoms with Crippen molar-refractivity contribution in [2.24, 2.45) is 0 Å². The highest BCUT2D eigenvalue weighted by Gasteiger charge is 2.00. The molecule has 1 heterocycles. The van der Waals surface area contributed by atoms with Crippen molar-refractivity contribution in [2.45, 2.75) is 26.3 Å². The van der Waals surface area contributed by atoms with E-state index in [0.717, 1.165) is 6.54 Å². The van der Waals surface area contributed by atoms with E-state index < -0.39 is 0 Å². The summed E-state index contributed by atoms with van der Waals surface area (Å²) >= 11 is 0. The van der Waals surface area contributed by atoms with Crippen LogP contribution in [-0.2, 0) is 6.54 Å². The van der Waals surface area contributed by atoms with Crippen LogP contribution in [0.3, 0.4) is 0 Å². The van der Waals surface area contributed by atoms with Crippen LogP contribution in [-0.4, -0.2) is 19.6 Å². The molecule has 0 radical (unpaired) electrons. The molecular formula is C11H20N2O. The molecule has 80 valence electrons. The van der Waals surface area contributed by atoms with Gasteiger partial charge in [-0.1, -0.05) is 13.3 Å². The second-order valence-electron chi connectivity index (χ2n) is 3.54. The smallest absolute Gasteiger partial charge is 0.170 e. The van der Waals surface area contributed by atoms with E-state index in [2.05, 4.69) is 55.0 Å². The first-order valence-corrected chi connectivity index (χ1v) is 4.90. The Kier molecular flexibility index (Phi) is 5.88. The number of pyridine rings is 1. The molecule has 0 amide bonds. The zero-order valence-corrected chi connectivity index (χ0v) is 9.27. The van der Waals surface area contributed by atoms with Gasteiger partial charge in [-0.05, 0) is 0 Å². The Bertz CT molecular complexity index is 244. The molecule has 0 aromatic carbocycles. The number of rotatable bonds is 4. The van der Waals surface area contributed by atoms with Crippen molar-refractivity contribution >= 4 is 5.69 Å². The maximum Gasteiger partial charge on any atom is 0.170 e. The van der Waals surface area contributed by atoms with Crippen LogP contribution in [0.15, 0.2) is 24.5 Å². The lowest BCUT2D eigenvalue weighted by Crippen LogP contribution is -2.32. The van der Waals surface area contributed by atoms with E-state index >= 15 is 0 Å². The van der Waals surface area contributed by atoms with Crippen molar-refractivity contribution in [1.29, 1.82) is 0 Å². The first-order chi connectivity index (χ1) is 6.24. The zero-order chi connectivity index (χ0) is 9.68. The summed E-state index contributed by atoms with van der Waals surface area (Å²) in [7, 11) is 4.12. The number of nitrogens with zero attached hydrogens (tertiary/aromatic N) is 2. The van der Waals surface area contributed by atoms with Crippen molar-refractivity contribution in [1.82, 2.24) is 0 Å². The number of unbranched alkanes of at least 4 members (excludes halogenated alkanes) is 1. The topological polar surface area (TPSA) is 37.1 Å². The summed E-state index contributed by atoms with van der Waals surface area (Å²) in [4.78, 5) is 2.12. The van der Waals surface area contributed by atoms with Gasteiger partial charge in [0, 0.05) is 38.3 Å². The van der Waals surface area contributed by atoms with Gasteiger partial charge in [0.25, 0.3) is 0 Å². The standard InChI is InChI=1S/C11H19N2.H2O/c1-4-5-8-13-9-6-11(7-10-13)12(2)3;/h6-7,9-10H,4-5,8H2,1-3H3;1H2/q+1;/p-1. The maximum absolute atomic E-state index is 2.23. The Morgan fingerprint density at radius 2 is 1.79 bits per heavy atom. The molecular weight excluding hydrogens is 176 g/mol. The molecule has 3 nitrogen and oxygen atoms in total. The second kappa shape index (κ2) is 6.38. The largest absolute Gasteiger partial charge is 0.870 e. The van der Waals surface area contributed by atoms with E-state index in [9.17, 15) is 0 Å². The van der Waals surface area contributed by atoms with Crippen LogP contribution < -0.4 is 9.47 Å². The Balaban J connectivity index is 0.00000169. The minimum atomic E-state index is 0. The fraction of sp³-hybridized carbons (Fsp3) is 0.545. The molecule has 1 rings (SSSR count). The normalized spacial score (nSPS) is 9.36. The summed E-state index contributed by atoms with van der Waals surface area (Å²) in [6, 6.07) is 4.30. The average molecular weight is 196 g/mol. The molecule has 0 aliphatic heterocycles. The molecule has 0 aliphatic carbocycles. The van der Waals surface area contributed by atoms with Gasteiger partial charge in [0.05, 0.1) is 0 Å². The highest BCUT2D eigenvalue weighted by Crippen LogP contribution is 2.05. The Morgan fingerprint density at radius 3 is 2.21 bits per heavy atom. The summed E-state index contributed by atoms with van der Waals surface area (Å²) in [5, 5.41) is 0. The summed E-state index contributed by atoms with van der Waals surface area (Å²) in [6.07, 6.45) is 6.80. The number of anilines is 1. The van der Waals surface area contributed by atoms with Crippen LogP contribution in [0.4, 0.5) is 5.69 Å². The van der Waals surface area contributed by atoms with Gasteiger partial charge in [-0.15, -0.1) is 0 Å². The molecule has 0 spiro atoms. The van der Waals surface area contributed by atoms with Crippen molar-refractivity contribution in [3.63, 3.8) is 0 Å². The lowest BCUT2D eigenvalue weighted by molar-refractivity contribution is -0.697. The second-order valence-corrected chi connectivity index (χ2v) is 3.54. The molecule has 14 heavy (non-hydrogen) atoms. The zero-order valence-electron chi connectivity index (χ0n) is 9.27. The molecule has 1 aromatic rings. The van der Waals surface area contributed by atoms with Gasteiger partial charge in [0.15, 0.2) is 12.4 Å². The van der Waals surface area contributed by atoms with Gasteiger partial charge in [-0.25, -0.2) is 4.57 Å². The van der Waals surface area contributed by atoms with Crippen LogP contribution in [0.1, 0.15) is 19.8 Å². The number of hydrogen-bond acceptors (Lipinski definition) is 2. The van der Waals surface area contributed by atoms with E-state index in [1.54, 1.807) is 0 Å². The molecule has 0 unspecified atom stereocenters. The highest BCUT2D eigenvalue weighted by atomic mass is 16.0. The van der Waals surface area contributed by atoms with E-state index in [-0.39, 0.29) is 5.48 Å². The first kappa shape index (κ1) is 12.9. The van der Waals surface area contributed by atoms with Crippen LogP contribution in [0.2, 0.25) is 0 Å². The maximum atomic E-state index is 2.23. The van der Waals surface area contributed by atoms with Gasteiger partial charge in [0.2, 0.25) is 0 Å². The summed E-state index contributed by atoms with van der Waals surface area (Å²) < 4.78 is 2.23. The third-order valence-corrected chi connectivity index (χ3v) is 2.16. The predicted octanol–water partition coefficient (Wildman–Crippen LogP) is 1.66. The molecule has 1 aromatic heterocycles. The molecule has 0 saturated carbocycles. The van der Waals surface area contributed by atoms with Crippen molar-refractivity contribution in [3.05, 3.63) is 24.5 Å². The average Bonchev–Trinajstić information content (AvgIpc) is 2.15. The molecule has 0 saturated heterocycles. The van der Waals surface area contributed by atoms with Gasteiger partial charge in [-0.3, -0.25) is 0 Å². The molecule has 0 fully saturated rings. The summed E-state index contributed by atoms with van der Waals surface area (Å²) in [5.74, 6) is 0. The van der Waals surface area contributed by atoms with E-state index in [0.29, 0.717) is 0 Å². The van der Waals surface area contributed by atoms with Crippen LogP contribution >= 0.6 is 0 Å². The van der Waals surface area contributed by atoms with Crippen molar-refractivity contribution in [2.75, 3.05) is 19.0 Å². The van der Waals surface area contributed by atoms with Gasteiger partial charge in [-0.2, -0.15) is 0 Å². The minimum absolute atomic E-state index is 0. The number of aryl methyl sites for hydroxylation is 1.